The predicted molar refractivity (Wildman–Crippen MR) is 79.7 cm³/mol. The first-order chi connectivity index (χ1) is 8.58. The van der Waals surface area contributed by atoms with Gasteiger partial charge in [-0.1, -0.05) is 72.1 Å². The first-order valence-electron chi connectivity index (χ1n) is 8.26. The Hall–Kier alpha value is -0.0400. The number of hydrogen-bond donors (Lipinski definition) is 1. The van der Waals surface area contributed by atoms with Gasteiger partial charge in [0.25, 0.3) is 0 Å². The Morgan fingerprint density at radius 1 is 1.06 bits per heavy atom. The second-order valence-electron chi connectivity index (χ2n) is 6.96. The smallest absolute Gasteiger partial charge is 0.0573 e. The lowest BCUT2D eigenvalue weighted by molar-refractivity contribution is 0.0455. The maximum absolute atomic E-state index is 10.3. The van der Waals surface area contributed by atoms with Crippen molar-refractivity contribution in [3.8, 4) is 0 Å². The zero-order valence-corrected chi connectivity index (χ0v) is 12.9. The van der Waals surface area contributed by atoms with Crippen molar-refractivity contribution in [2.75, 3.05) is 0 Å². The Bertz CT molecular complexity index is 210. The van der Waals surface area contributed by atoms with E-state index in [1.54, 1.807) is 0 Å². The van der Waals surface area contributed by atoms with E-state index in [0.29, 0.717) is 11.3 Å². The summed E-state index contributed by atoms with van der Waals surface area (Å²) in [6.45, 7) is 6.93. The second-order valence-corrected chi connectivity index (χ2v) is 6.96. The normalized spacial score (nSPS) is 24.3. The Kier molecular flexibility index (Phi) is 7.29. The number of aliphatic hydroxyl groups excluding tert-OH is 1. The zero-order valence-electron chi connectivity index (χ0n) is 12.9. The van der Waals surface area contributed by atoms with Gasteiger partial charge in [-0.15, -0.1) is 0 Å². The third kappa shape index (κ3) is 5.30. The molecule has 1 heteroatoms. The van der Waals surface area contributed by atoms with Crippen molar-refractivity contribution in [1.29, 1.82) is 0 Å². The van der Waals surface area contributed by atoms with Crippen molar-refractivity contribution in [2.45, 2.75) is 97.5 Å². The second kappa shape index (κ2) is 8.19. The third-order valence-electron chi connectivity index (χ3n) is 4.91. The number of hydrogen-bond acceptors (Lipinski definition) is 1. The highest BCUT2D eigenvalue weighted by Gasteiger charge is 2.38. The molecule has 0 spiro atoms. The van der Waals surface area contributed by atoms with E-state index in [0.717, 1.165) is 6.42 Å². The van der Waals surface area contributed by atoms with E-state index in [4.69, 9.17) is 0 Å². The molecule has 2 atom stereocenters. The average Bonchev–Trinajstić information content (AvgIpc) is 2.67. The fourth-order valence-electron chi connectivity index (χ4n) is 3.58. The molecule has 0 heterocycles. The van der Waals surface area contributed by atoms with Crippen LogP contribution in [0.1, 0.15) is 91.4 Å². The van der Waals surface area contributed by atoms with Crippen LogP contribution in [0.2, 0.25) is 0 Å². The van der Waals surface area contributed by atoms with Crippen molar-refractivity contribution in [1.82, 2.24) is 0 Å². The molecule has 18 heavy (non-hydrogen) atoms. The van der Waals surface area contributed by atoms with Crippen molar-refractivity contribution < 1.29 is 5.11 Å². The highest BCUT2D eigenvalue weighted by atomic mass is 16.3. The van der Waals surface area contributed by atoms with E-state index in [-0.39, 0.29) is 6.10 Å². The summed E-state index contributed by atoms with van der Waals surface area (Å²) in [5.74, 6) is 0.553. The quantitative estimate of drug-likeness (QED) is 0.552. The van der Waals surface area contributed by atoms with Crippen LogP contribution in [0.5, 0.6) is 0 Å². The average molecular weight is 254 g/mol. The molecule has 0 amide bonds. The maximum Gasteiger partial charge on any atom is 0.0573 e. The Labute approximate surface area is 114 Å². The summed E-state index contributed by atoms with van der Waals surface area (Å²) >= 11 is 0. The standard InChI is InChI=1S/C17H34O/c1-4-5-6-7-8-9-10-13-16(18)15-12-11-14-17(15,2)3/h15-16,18H,4-14H2,1-3H3. The number of rotatable bonds is 9. The van der Waals surface area contributed by atoms with Gasteiger partial charge in [-0.25, -0.2) is 0 Å². The van der Waals surface area contributed by atoms with E-state index in [2.05, 4.69) is 20.8 Å². The summed E-state index contributed by atoms with van der Waals surface area (Å²) in [5.41, 5.74) is 0.376. The fraction of sp³-hybridized carbons (Fsp3) is 1.00. The van der Waals surface area contributed by atoms with Crippen LogP contribution in [-0.2, 0) is 0 Å². The Morgan fingerprint density at radius 3 is 2.22 bits per heavy atom. The van der Waals surface area contributed by atoms with Crippen LogP contribution in [0.15, 0.2) is 0 Å². The van der Waals surface area contributed by atoms with Gasteiger partial charge < -0.3 is 5.11 Å². The molecular weight excluding hydrogens is 220 g/mol. The van der Waals surface area contributed by atoms with Crippen LogP contribution in [0.4, 0.5) is 0 Å². The van der Waals surface area contributed by atoms with Gasteiger partial charge in [0.2, 0.25) is 0 Å². The molecule has 0 aromatic carbocycles. The summed E-state index contributed by atoms with van der Waals surface area (Å²) in [4.78, 5) is 0. The summed E-state index contributed by atoms with van der Waals surface area (Å²) in [6, 6.07) is 0. The van der Waals surface area contributed by atoms with Crippen molar-refractivity contribution in [3.05, 3.63) is 0 Å². The van der Waals surface area contributed by atoms with Gasteiger partial charge in [0, 0.05) is 0 Å². The summed E-state index contributed by atoms with van der Waals surface area (Å²) < 4.78 is 0. The van der Waals surface area contributed by atoms with E-state index in [1.165, 1.54) is 64.2 Å². The molecule has 1 rings (SSSR count). The predicted octanol–water partition coefficient (Wildman–Crippen LogP) is 5.31. The van der Waals surface area contributed by atoms with Crippen LogP contribution in [0.3, 0.4) is 0 Å². The lowest BCUT2D eigenvalue weighted by Crippen LogP contribution is -2.29. The van der Waals surface area contributed by atoms with E-state index in [1.807, 2.05) is 0 Å². The topological polar surface area (TPSA) is 20.2 Å². The first-order valence-corrected chi connectivity index (χ1v) is 8.26. The molecule has 1 N–H and O–H groups in total. The summed E-state index contributed by atoms with van der Waals surface area (Å²) in [5, 5.41) is 10.3. The van der Waals surface area contributed by atoms with E-state index >= 15 is 0 Å². The minimum atomic E-state index is -0.0434. The highest BCUT2D eigenvalue weighted by molar-refractivity contribution is 4.88. The van der Waals surface area contributed by atoms with Gasteiger partial charge in [0.1, 0.15) is 0 Å². The van der Waals surface area contributed by atoms with Crippen LogP contribution in [0.25, 0.3) is 0 Å². The van der Waals surface area contributed by atoms with Crippen LogP contribution < -0.4 is 0 Å². The molecule has 1 saturated carbocycles. The molecule has 0 saturated heterocycles. The Balaban J connectivity index is 2.05. The van der Waals surface area contributed by atoms with Crippen LogP contribution >= 0.6 is 0 Å². The molecule has 0 aromatic rings. The first kappa shape index (κ1) is 16.0. The van der Waals surface area contributed by atoms with E-state index in [9.17, 15) is 5.11 Å². The van der Waals surface area contributed by atoms with Gasteiger partial charge in [0.15, 0.2) is 0 Å². The number of aliphatic hydroxyl groups is 1. The molecule has 108 valence electrons. The molecule has 1 aliphatic carbocycles. The van der Waals surface area contributed by atoms with Gasteiger partial charge >= 0.3 is 0 Å². The molecule has 0 radical (unpaired) electrons. The molecule has 2 unspecified atom stereocenters. The maximum atomic E-state index is 10.3. The van der Waals surface area contributed by atoms with E-state index < -0.39 is 0 Å². The monoisotopic (exact) mass is 254 g/mol. The molecule has 0 aromatic heterocycles. The summed E-state index contributed by atoms with van der Waals surface area (Å²) in [6.07, 6.45) is 14.2. The largest absolute Gasteiger partial charge is 0.393 e. The fourth-order valence-corrected chi connectivity index (χ4v) is 3.58. The number of unbranched alkanes of at least 4 members (excludes halogenated alkanes) is 6. The van der Waals surface area contributed by atoms with Crippen molar-refractivity contribution in [3.63, 3.8) is 0 Å². The van der Waals surface area contributed by atoms with Gasteiger partial charge in [-0.05, 0) is 30.6 Å². The molecule has 1 fully saturated rings. The molecule has 1 nitrogen and oxygen atoms in total. The van der Waals surface area contributed by atoms with Crippen molar-refractivity contribution in [2.24, 2.45) is 11.3 Å². The minimum absolute atomic E-state index is 0.0434. The molecular formula is C17H34O. The van der Waals surface area contributed by atoms with Gasteiger partial charge in [-0.3, -0.25) is 0 Å². The van der Waals surface area contributed by atoms with Crippen molar-refractivity contribution >= 4 is 0 Å². The highest BCUT2D eigenvalue weighted by Crippen LogP contribution is 2.45. The third-order valence-corrected chi connectivity index (χ3v) is 4.91. The molecule has 1 aliphatic rings. The molecule has 0 aliphatic heterocycles. The summed E-state index contributed by atoms with van der Waals surface area (Å²) in [7, 11) is 0. The molecule has 0 bridgehead atoms. The lowest BCUT2D eigenvalue weighted by atomic mass is 9.77. The SMILES string of the molecule is CCCCCCCCCC(O)C1CCCC1(C)C. The van der Waals surface area contributed by atoms with Gasteiger partial charge in [-0.2, -0.15) is 0 Å². The minimum Gasteiger partial charge on any atom is -0.393 e. The van der Waals surface area contributed by atoms with Gasteiger partial charge in [0.05, 0.1) is 6.10 Å². The lowest BCUT2D eigenvalue weighted by Gasteiger charge is -2.31. The van der Waals surface area contributed by atoms with Crippen LogP contribution in [-0.4, -0.2) is 11.2 Å². The van der Waals surface area contributed by atoms with Crippen LogP contribution in [0, 0.1) is 11.3 Å². The Morgan fingerprint density at radius 2 is 1.67 bits per heavy atom. The zero-order chi connectivity index (χ0) is 13.4.